The summed E-state index contributed by atoms with van der Waals surface area (Å²) in [6.45, 7) is 6.80. The molecule has 0 bridgehead atoms. The summed E-state index contributed by atoms with van der Waals surface area (Å²) >= 11 is 0. The zero-order chi connectivity index (χ0) is 29.5. The lowest BCUT2D eigenvalue weighted by atomic mass is 10.1. The molecule has 2 amide bonds. The van der Waals surface area contributed by atoms with E-state index in [9.17, 15) is 18.0 Å². The van der Waals surface area contributed by atoms with E-state index in [1.165, 1.54) is 37.3 Å². The van der Waals surface area contributed by atoms with E-state index in [1.54, 1.807) is 37.3 Å². The number of rotatable bonds is 11. The van der Waals surface area contributed by atoms with Gasteiger partial charge >= 0.3 is 0 Å². The van der Waals surface area contributed by atoms with Crippen LogP contribution in [0.1, 0.15) is 33.3 Å². The Balaban J connectivity index is 2.04. The first-order chi connectivity index (χ1) is 18.9. The standard InChI is InChI=1S/C30H37N3O6S/c1-22(29(35)31-30(2,3)4)32(20-23-13-9-7-10-14-23)28(34)21-33(24-15-11-8-12-16-24)40(36,37)25-17-18-26(38-5)27(19-25)39-6/h7-19,22H,20-21H2,1-6H3,(H,31,35)/t22-/m1/s1. The van der Waals surface area contributed by atoms with Gasteiger partial charge in [0.25, 0.3) is 10.0 Å². The van der Waals surface area contributed by atoms with Gasteiger partial charge in [-0.15, -0.1) is 0 Å². The van der Waals surface area contributed by atoms with E-state index in [-0.39, 0.29) is 23.1 Å². The van der Waals surface area contributed by atoms with Crippen LogP contribution in [0.25, 0.3) is 0 Å². The van der Waals surface area contributed by atoms with Gasteiger partial charge in [-0.25, -0.2) is 8.42 Å². The number of anilines is 1. The van der Waals surface area contributed by atoms with Crippen molar-refractivity contribution in [3.63, 3.8) is 0 Å². The van der Waals surface area contributed by atoms with Crippen molar-refractivity contribution in [2.75, 3.05) is 25.1 Å². The number of benzene rings is 3. The van der Waals surface area contributed by atoms with Crippen molar-refractivity contribution >= 4 is 27.5 Å². The van der Waals surface area contributed by atoms with Crippen molar-refractivity contribution in [1.82, 2.24) is 10.2 Å². The molecule has 0 saturated carbocycles. The molecule has 0 aliphatic rings. The van der Waals surface area contributed by atoms with Crippen LogP contribution in [0.15, 0.2) is 83.8 Å². The number of hydrogen-bond acceptors (Lipinski definition) is 6. The smallest absolute Gasteiger partial charge is 0.264 e. The van der Waals surface area contributed by atoms with Crippen molar-refractivity contribution in [2.24, 2.45) is 0 Å². The van der Waals surface area contributed by atoms with E-state index < -0.39 is 34.1 Å². The molecule has 0 aliphatic heterocycles. The first-order valence-corrected chi connectivity index (χ1v) is 14.3. The fraction of sp³-hybridized carbons (Fsp3) is 0.333. The Morgan fingerprint density at radius 3 is 2.00 bits per heavy atom. The van der Waals surface area contributed by atoms with E-state index in [0.717, 1.165) is 9.87 Å². The molecule has 0 fully saturated rings. The second-order valence-electron chi connectivity index (χ2n) is 10.3. The minimum absolute atomic E-state index is 0.0741. The highest BCUT2D eigenvalue weighted by Gasteiger charge is 2.33. The first-order valence-electron chi connectivity index (χ1n) is 12.8. The molecule has 3 aromatic rings. The van der Waals surface area contributed by atoms with E-state index in [1.807, 2.05) is 51.1 Å². The number of nitrogens with one attached hydrogen (secondary N) is 1. The van der Waals surface area contributed by atoms with E-state index in [4.69, 9.17) is 9.47 Å². The summed E-state index contributed by atoms with van der Waals surface area (Å²) in [5.74, 6) is -0.267. The fourth-order valence-corrected chi connectivity index (χ4v) is 5.49. The number of nitrogens with zero attached hydrogens (tertiary/aromatic N) is 2. The summed E-state index contributed by atoms with van der Waals surface area (Å²) in [7, 11) is -1.37. The number of ether oxygens (including phenoxy) is 2. The molecule has 0 aliphatic carbocycles. The van der Waals surface area contributed by atoms with Gasteiger partial charge in [-0.1, -0.05) is 48.5 Å². The lowest BCUT2D eigenvalue weighted by Gasteiger charge is -2.33. The van der Waals surface area contributed by atoms with Crippen molar-refractivity contribution in [1.29, 1.82) is 0 Å². The number of para-hydroxylation sites is 1. The number of methoxy groups -OCH3 is 2. The van der Waals surface area contributed by atoms with Gasteiger partial charge < -0.3 is 19.7 Å². The van der Waals surface area contributed by atoms with Crippen LogP contribution in [-0.2, 0) is 26.2 Å². The Labute approximate surface area is 236 Å². The molecule has 0 saturated heterocycles. The first kappa shape index (κ1) is 30.5. The number of hydrogen-bond donors (Lipinski definition) is 1. The van der Waals surface area contributed by atoms with Gasteiger partial charge in [0.05, 0.1) is 24.8 Å². The van der Waals surface area contributed by atoms with Gasteiger partial charge in [-0.3, -0.25) is 13.9 Å². The molecule has 0 aromatic heterocycles. The maximum absolute atomic E-state index is 14.0. The molecule has 3 aromatic carbocycles. The van der Waals surface area contributed by atoms with Crippen LogP contribution < -0.4 is 19.1 Å². The Hall–Kier alpha value is -4.05. The summed E-state index contributed by atoms with van der Waals surface area (Å²) in [6, 6.07) is 21.0. The molecule has 0 unspecified atom stereocenters. The summed E-state index contributed by atoms with van der Waals surface area (Å²) in [5.41, 5.74) is 0.594. The molecule has 10 heteroatoms. The van der Waals surface area contributed by atoms with Gasteiger partial charge in [-0.2, -0.15) is 0 Å². The summed E-state index contributed by atoms with van der Waals surface area (Å²) in [5, 5.41) is 2.91. The molecule has 1 atom stereocenters. The Morgan fingerprint density at radius 2 is 1.45 bits per heavy atom. The van der Waals surface area contributed by atoms with Crippen LogP contribution >= 0.6 is 0 Å². The molecular formula is C30H37N3O6S. The maximum Gasteiger partial charge on any atom is 0.264 e. The highest BCUT2D eigenvalue weighted by Crippen LogP contribution is 2.32. The largest absolute Gasteiger partial charge is 0.493 e. The molecular weight excluding hydrogens is 530 g/mol. The fourth-order valence-electron chi connectivity index (χ4n) is 4.06. The summed E-state index contributed by atoms with van der Waals surface area (Å²) in [6.07, 6.45) is 0. The highest BCUT2D eigenvalue weighted by molar-refractivity contribution is 7.92. The maximum atomic E-state index is 14.0. The summed E-state index contributed by atoms with van der Waals surface area (Å²) in [4.78, 5) is 28.4. The lowest BCUT2D eigenvalue weighted by Crippen LogP contribution is -2.54. The average molecular weight is 568 g/mol. The third-order valence-corrected chi connectivity index (χ3v) is 7.90. The van der Waals surface area contributed by atoms with Crippen molar-refractivity contribution in [3.05, 3.63) is 84.4 Å². The van der Waals surface area contributed by atoms with Crippen LogP contribution in [0.2, 0.25) is 0 Å². The SMILES string of the molecule is COc1ccc(S(=O)(=O)N(CC(=O)N(Cc2ccccc2)[C@H](C)C(=O)NC(C)(C)C)c2ccccc2)cc1OC. The van der Waals surface area contributed by atoms with Gasteiger partial charge in [-0.05, 0) is 57.5 Å². The second-order valence-corrected chi connectivity index (χ2v) is 12.1. The molecule has 3 rings (SSSR count). The minimum atomic E-state index is -4.24. The third-order valence-electron chi connectivity index (χ3n) is 6.13. The molecule has 214 valence electrons. The van der Waals surface area contributed by atoms with Crippen LogP contribution in [0.5, 0.6) is 11.5 Å². The van der Waals surface area contributed by atoms with Crippen LogP contribution in [0, 0.1) is 0 Å². The van der Waals surface area contributed by atoms with Gasteiger partial charge in [0.1, 0.15) is 12.6 Å². The number of amides is 2. The van der Waals surface area contributed by atoms with E-state index in [2.05, 4.69) is 5.32 Å². The van der Waals surface area contributed by atoms with Gasteiger partial charge in [0, 0.05) is 18.2 Å². The van der Waals surface area contributed by atoms with Gasteiger partial charge in [0.2, 0.25) is 11.8 Å². The lowest BCUT2D eigenvalue weighted by molar-refractivity contribution is -0.140. The molecule has 0 radical (unpaired) electrons. The summed E-state index contributed by atoms with van der Waals surface area (Å²) < 4.78 is 39.6. The zero-order valence-electron chi connectivity index (χ0n) is 23.7. The number of carbonyl (C=O) groups excluding carboxylic acids is 2. The van der Waals surface area contributed by atoms with Crippen LogP contribution in [0.3, 0.4) is 0 Å². The Morgan fingerprint density at radius 1 is 0.875 bits per heavy atom. The van der Waals surface area contributed by atoms with E-state index >= 15 is 0 Å². The van der Waals surface area contributed by atoms with E-state index in [0.29, 0.717) is 11.4 Å². The Kier molecular flexibility index (Phi) is 9.81. The zero-order valence-corrected chi connectivity index (χ0v) is 24.6. The topological polar surface area (TPSA) is 105 Å². The average Bonchev–Trinajstić information content (AvgIpc) is 2.93. The second kappa shape index (κ2) is 12.9. The highest BCUT2D eigenvalue weighted by atomic mass is 32.2. The normalized spacial score (nSPS) is 12.2. The molecule has 0 spiro atoms. The Bertz CT molecular complexity index is 1410. The molecule has 0 heterocycles. The van der Waals surface area contributed by atoms with Crippen molar-refractivity contribution in [2.45, 2.75) is 50.7 Å². The predicted octanol–water partition coefficient (Wildman–Crippen LogP) is 4.23. The molecule has 1 N–H and O–H groups in total. The third kappa shape index (κ3) is 7.53. The van der Waals surface area contributed by atoms with Crippen molar-refractivity contribution in [3.8, 4) is 11.5 Å². The molecule has 9 nitrogen and oxygen atoms in total. The monoisotopic (exact) mass is 567 g/mol. The minimum Gasteiger partial charge on any atom is -0.493 e. The van der Waals surface area contributed by atoms with Crippen LogP contribution in [0.4, 0.5) is 5.69 Å². The quantitative estimate of drug-likeness (QED) is 0.372. The molecule has 40 heavy (non-hydrogen) atoms. The van der Waals surface area contributed by atoms with Gasteiger partial charge in [0.15, 0.2) is 11.5 Å². The predicted molar refractivity (Wildman–Crippen MR) is 155 cm³/mol. The van der Waals surface area contributed by atoms with Crippen molar-refractivity contribution < 1.29 is 27.5 Å². The number of carbonyl (C=O) groups is 2. The number of sulfonamides is 1. The van der Waals surface area contributed by atoms with Crippen LogP contribution in [-0.4, -0.2) is 57.5 Å².